The summed E-state index contributed by atoms with van der Waals surface area (Å²) in [6.07, 6.45) is 1.23. The molecule has 0 aliphatic carbocycles. The van der Waals surface area contributed by atoms with Crippen molar-refractivity contribution in [3.8, 4) is 0 Å². The first-order valence-electron chi connectivity index (χ1n) is 8.54. The number of carbonyl (C=O) groups is 3. The van der Waals surface area contributed by atoms with Crippen LogP contribution in [0.4, 0.5) is 16.2 Å². The first-order valence-corrected chi connectivity index (χ1v) is 8.54. The summed E-state index contributed by atoms with van der Waals surface area (Å²) in [5, 5.41) is 13.0. The normalized spacial score (nSPS) is 15.9. The van der Waals surface area contributed by atoms with Gasteiger partial charge < -0.3 is 0 Å². The molecule has 3 rings (SSSR count). The van der Waals surface area contributed by atoms with Crippen molar-refractivity contribution >= 4 is 35.3 Å². The van der Waals surface area contributed by atoms with Crippen LogP contribution in [0.1, 0.15) is 30.9 Å². The van der Waals surface area contributed by atoms with Gasteiger partial charge in [-0.3, -0.25) is 25.0 Å². The molecule has 28 heavy (non-hydrogen) atoms. The zero-order valence-corrected chi connectivity index (χ0v) is 15.2. The number of hydrogen-bond donors (Lipinski definition) is 1. The lowest BCUT2D eigenvalue weighted by molar-refractivity contribution is -0.384. The van der Waals surface area contributed by atoms with Crippen LogP contribution in [-0.4, -0.2) is 22.8 Å². The number of rotatable bonds is 4. The topological polar surface area (TPSA) is 110 Å². The second-order valence-electron chi connectivity index (χ2n) is 6.56. The fourth-order valence-electron chi connectivity index (χ4n) is 2.80. The van der Waals surface area contributed by atoms with Crippen molar-refractivity contribution in [1.82, 2.24) is 5.32 Å². The van der Waals surface area contributed by atoms with Gasteiger partial charge in [-0.1, -0.05) is 38.1 Å². The molecule has 142 valence electrons. The highest BCUT2D eigenvalue weighted by molar-refractivity contribution is 6.39. The Hall–Kier alpha value is -3.81. The maximum atomic E-state index is 12.8. The first-order chi connectivity index (χ1) is 13.3. The molecule has 0 atom stereocenters. The van der Waals surface area contributed by atoms with Gasteiger partial charge >= 0.3 is 6.03 Å². The van der Waals surface area contributed by atoms with E-state index in [-0.39, 0.29) is 17.2 Å². The number of urea groups is 1. The van der Waals surface area contributed by atoms with Gasteiger partial charge in [-0.05, 0) is 35.3 Å². The minimum Gasteiger partial charge on any atom is -0.273 e. The number of non-ortho nitro benzene ring substituents is 1. The third kappa shape index (κ3) is 3.66. The van der Waals surface area contributed by atoms with E-state index in [1.807, 2.05) is 13.8 Å². The van der Waals surface area contributed by atoms with Gasteiger partial charge in [0, 0.05) is 12.1 Å². The number of barbiturate groups is 1. The number of carbonyl (C=O) groups excluding carboxylic acids is 3. The fourth-order valence-corrected chi connectivity index (χ4v) is 2.80. The van der Waals surface area contributed by atoms with Gasteiger partial charge in [-0.25, -0.2) is 9.69 Å². The lowest BCUT2D eigenvalue weighted by atomic mass is 10.0. The van der Waals surface area contributed by atoms with Gasteiger partial charge in [0.05, 0.1) is 10.6 Å². The minimum absolute atomic E-state index is 0.171. The predicted molar refractivity (Wildman–Crippen MR) is 103 cm³/mol. The minimum atomic E-state index is -0.850. The van der Waals surface area contributed by atoms with Crippen molar-refractivity contribution in [2.75, 3.05) is 4.90 Å². The summed E-state index contributed by atoms with van der Waals surface area (Å²) in [5.41, 5.74) is 1.21. The molecule has 8 heteroatoms. The monoisotopic (exact) mass is 379 g/mol. The van der Waals surface area contributed by atoms with Gasteiger partial charge in [-0.2, -0.15) is 0 Å². The van der Waals surface area contributed by atoms with Crippen molar-refractivity contribution in [3.63, 3.8) is 0 Å². The Kier molecular flexibility index (Phi) is 5.04. The number of benzene rings is 2. The molecule has 2 aromatic rings. The molecule has 0 saturated carbocycles. The van der Waals surface area contributed by atoms with Crippen LogP contribution in [0, 0.1) is 10.1 Å². The number of anilines is 1. The Bertz CT molecular complexity index is 1010. The van der Waals surface area contributed by atoms with Crippen molar-refractivity contribution in [1.29, 1.82) is 0 Å². The Morgan fingerprint density at radius 3 is 2.36 bits per heavy atom. The maximum absolute atomic E-state index is 12.8. The summed E-state index contributed by atoms with van der Waals surface area (Å²) >= 11 is 0. The van der Waals surface area contributed by atoms with E-state index in [1.165, 1.54) is 30.3 Å². The molecule has 0 spiro atoms. The molecule has 0 radical (unpaired) electrons. The standard InChI is InChI=1S/C20H17N3O5/c1-12(2)14-6-8-15(9-7-14)22-19(25)17(18(24)21-20(22)26)11-13-4-3-5-16(10-13)23(27)28/h3-12H,1-2H3,(H,21,24,26). The molecule has 0 unspecified atom stereocenters. The molecular formula is C20H17N3O5. The van der Waals surface area contributed by atoms with Crippen LogP contribution in [0.3, 0.4) is 0 Å². The van der Waals surface area contributed by atoms with E-state index >= 15 is 0 Å². The molecular weight excluding hydrogens is 362 g/mol. The van der Waals surface area contributed by atoms with Crippen LogP contribution in [0.5, 0.6) is 0 Å². The predicted octanol–water partition coefficient (Wildman–Crippen LogP) is 3.38. The van der Waals surface area contributed by atoms with Crippen molar-refractivity contribution in [2.45, 2.75) is 19.8 Å². The number of nitrogens with zero attached hydrogens (tertiary/aromatic N) is 2. The van der Waals surface area contributed by atoms with Crippen molar-refractivity contribution < 1.29 is 19.3 Å². The number of amides is 4. The second-order valence-corrected chi connectivity index (χ2v) is 6.56. The summed E-state index contributed by atoms with van der Waals surface area (Å²) in [6.45, 7) is 4.04. The number of nitro benzene ring substituents is 1. The molecule has 8 nitrogen and oxygen atoms in total. The summed E-state index contributed by atoms with van der Waals surface area (Å²) in [4.78, 5) is 48.5. The average molecular weight is 379 g/mol. The molecule has 0 aromatic heterocycles. The molecule has 1 aliphatic rings. The summed E-state index contributed by atoms with van der Waals surface area (Å²) in [6, 6.07) is 11.6. The number of imide groups is 2. The van der Waals surface area contributed by atoms with Gasteiger partial charge in [0.15, 0.2) is 0 Å². The van der Waals surface area contributed by atoms with Crippen LogP contribution in [0.15, 0.2) is 54.1 Å². The zero-order valence-electron chi connectivity index (χ0n) is 15.2. The molecule has 2 aromatic carbocycles. The highest BCUT2D eigenvalue weighted by Crippen LogP contribution is 2.25. The van der Waals surface area contributed by atoms with Crippen LogP contribution in [0.25, 0.3) is 6.08 Å². The average Bonchev–Trinajstić information content (AvgIpc) is 2.65. The lowest BCUT2D eigenvalue weighted by Gasteiger charge is -2.26. The second kappa shape index (κ2) is 7.43. The first kappa shape index (κ1) is 19.0. The third-order valence-electron chi connectivity index (χ3n) is 4.31. The highest BCUT2D eigenvalue weighted by Gasteiger charge is 2.36. The molecule has 1 heterocycles. The van der Waals surface area contributed by atoms with E-state index in [0.29, 0.717) is 11.3 Å². The van der Waals surface area contributed by atoms with Gasteiger partial charge in [0.2, 0.25) is 0 Å². The number of nitrogens with one attached hydrogen (secondary N) is 1. The molecule has 4 amide bonds. The smallest absolute Gasteiger partial charge is 0.273 e. The molecule has 1 N–H and O–H groups in total. The number of nitro groups is 1. The summed E-state index contributed by atoms with van der Waals surface area (Å²) in [7, 11) is 0. The van der Waals surface area contributed by atoms with E-state index in [0.717, 1.165) is 10.5 Å². The van der Waals surface area contributed by atoms with Gasteiger partial charge in [-0.15, -0.1) is 0 Å². The Morgan fingerprint density at radius 2 is 1.75 bits per heavy atom. The Balaban J connectivity index is 1.98. The van der Waals surface area contributed by atoms with Crippen LogP contribution < -0.4 is 10.2 Å². The van der Waals surface area contributed by atoms with E-state index in [9.17, 15) is 24.5 Å². The van der Waals surface area contributed by atoms with E-state index < -0.39 is 22.8 Å². The fraction of sp³-hybridized carbons (Fsp3) is 0.150. The lowest BCUT2D eigenvalue weighted by Crippen LogP contribution is -2.54. The Labute approximate surface area is 160 Å². The maximum Gasteiger partial charge on any atom is 0.335 e. The third-order valence-corrected chi connectivity index (χ3v) is 4.31. The van der Waals surface area contributed by atoms with Crippen LogP contribution in [0.2, 0.25) is 0 Å². The highest BCUT2D eigenvalue weighted by atomic mass is 16.6. The quantitative estimate of drug-likeness (QED) is 0.379. The van der Waals surface area contributed by atoms with Crippen molar-refractivity contribution in [3.05, 3.63) is 75.3 Å². The SMILES string of the molecule is CC(C)c1ccc(N2C(=O)NC(=O)C(=Cc3cccc([N+](=O)[O-])c3)C2=O)cc1. The largest absolute Gasteiger partial charge is 0.335 e. The van der Waals surface area contributed by atoms with Crippen molar-refractivity contribution in [2.24, 2.45) is 0 Å². The van der Waals surface area contributed by atoms with E-state index in [2.05, 4.69) is 5.32 Å². The van der Waals surface area contributed by atoms with Gasteiger partial charge in [0.25, 0.3) is 17.5 Å². The summed E-state index contributed by atoms with van der Waals surface area (Å²) < 4.78 is 0. The molecule has 1 aliphatic heterocycles. The van der Waals surface area contributed by atoms with Crippen LogP contribution >= 0.6 is 0 Å². The van der Waals surface area contributed by atoms with E-state index in [1.54, 1.807) is 24.3 Å². The molecule has 1 fully saturated rings. The van der Waals surface area contributed by atoms with Crippen LogP contribution in [-0.2, 0) is 9.59 Å². The Morgan fingerprint density at radius 1 is 1.07 bits per heavy atom. The number of hydrogen-bond acceptors (Lipinski definition) is 5. The summed E-state index contributed by atoms with van der Waals surface area (Å²) in [5.74, 6) is -1.36. The molecule has 0 bridgehead atoms. The zero-order chi connectivity index (χ0) is 20.4. The van der Waals surface area contributed by atoms with E-state index in [4.69, 9.17) is 0 Å². The molecule has 1 saturated heterocycles. The van der Waals surface area contributed by atoms with Gasteiger partial charge in [0.1, 0.15) is 5.57 Å².